The van der Waals surface area contributed by atoms with Crippen LogP contribution in [0.2, 0.25) is 5.02 Å². The van der Waals surface area contributed by atoms with Crippen LogP contribution in [0.5, 0.6) is 5.75 Å². The van der Waals surface area contributed by atoms with Crippen molar-refractivity contribution >= 4 is 17.5 Å². The van der Waals surface area contributed by atoms with Crippen LogP contribution < -0.4 is 15.4 Å². The fourth-order valence-electron chi connectivity index (χ4n) is 2.33. The van der Waals surface area contributed by atoms with Gasteiger partial charge in [0.25, 0.3) is 5.91 Å². The van der Waals surface area contributed by atoms with E-state index in [4.69, 9.17) is 16.3 Å². The molecule has 1 heterocycles. The number of amides is 1. The third-order valence-corrected chi connectivity index (χ3v) is 3.83. The molecule has 1 aromatic rings. The van der Waals surface area contributed by atoms with Crippen molar-refractivity contribution in [1.82, 2.24) is 10.6 Å². The van der Waals surface area contributed by atoms with Gasteiger partial charge in [0.15, 0.2) is 6.10 Å². The second-order valence-electron chi connectivity index (χ2n) is 5.30. The minimum atomic E-state index is -0.532. The summed E-state index contributed by atoms with van der Waals surface area (Å²) < 4.78 is 5.62. The standard InChI is InChI=1S/C15H21ClN2O2/c1-10-9-17-7-6-14(10)18-15(19)11(2)20-13-5-3-4-12(16)8-13/h3-5,8,10-11,14,17H,6-7,9H2,1-2H3,(H,18,19). The lowest BCUT2D eigenvalue weighted by molar-refractivity contribution is -0.128. The van der Waals surface area contributed by atoms with Crippen molar-refractivity contribution in [2.24, 2.45) is 5.92 Å². The second kappa shape index (κ2) is 6.95. The Balaban J connectivity index is 1.88. The van der Waals surface area contributed by atoms with Crippen LogP contribution in [0.15, 0.2) is 24.3 Å². The first kappa shape index (κ1) is 15.1. The molecule has 2 rings (SSSR count). The molecule has 20 heavy (non-hydrogen) atoms. The van der Waals surface area contributed by atoms with E-state index in [0.29, 0.717) is 16.7 Å². The summed E-state index contributed by atoms with van der Waals surface area (Å²) in [5, 5.41) is 6.98. The van der Waals surface area contributed by atoms with Gasteiger partial charge in [-0.3, -0.25) is 4.79 Å². The van der Waals surface area contributed by atoms with E-state index in [0.717, 1.165) is 19.5 Å². The van der Waals surface area contributed by atoms with E-state index in [1.807, 2.05) is 0 Å². The van der Waals surface area contributed by atoms with Crippen LogP contribution in [0.4, 0.5) is 0 Å². The molecule has 5 heteroatoms. The van der Waals surface area contributed by atoms with Gasteiger partial charge < -0.3 is 15.4 Å². The Labute approximate surface area is 124 Å². The fourth-order valence-corrected chi connectivity index (χ4v) is 2.51. The molecule has 0 bridgehead atoms. The summed E-state index contributed by atoms with van der Waals surface area (Å²) in [6, 6.07) is 7.29. The highest BCUT2D eigenvalue weighted by Gasteiger charge is 2.25. The first-order valence-electron chi connectivity index (χ1n) is 6.99. The molecule has 110 valence electrons. The summed E-state index contributed by atoms with van der Waals surface area (Å²) in [6.45, 7) is 5.77. The van der Waals surface area contributed by atoms with Crippen molar-refractivity contribution in [3.63, 3.8) is 0 Å². The SMILES string of the molecule is CC(Oc1cccc(Cl)c1)C(=O)NC1CCNCC1C. The molecule has 0 aliphatic carbocycles. The highest BCUT2D eigenvalue weighted by atomic mass is 35.5. The number of hydrogen-bond acceptors (Lipinski definition) is 3. The number of halogens is 1. The highest BCUT2D eigenvalue weighted by Crippen LogP contribution is 2.18. The minimum Gasteiger partial charge on any atom is -0.481 e. The average molecular weight is 297 g/mol. The molecule has 1 aromatic carbocycles. The molecule has 1 saturated heterocycles. The molecule has 0 saturated carbocycles. The van der Waals surface area contributed by atoms with Gasteiger partial charge in [0.2, 0.25) is 0 Å². The minimum absolute atomic E-state index is 0.0799. The van der Waals surface area contributed by atoms with E-state index in [-0.39, 0.29) is 11.9 Å². The second-order valence-corrected chi connectivity index (χ2v) is 5.74. The van der Waals surface area contributed by atoms with E-state index < -0.39 is 6.10 Å². The lowest BCUT2D eigenvalue weighted by atomic mass is 9.95. The van der Waals surface area contributed by atoms with Crippen molar-refractivity contribution in [3.05, 3.63) is 29.3 Å². The maximum atomic E-state index is 12.2. The number of nitrogens with one attached hydrogen (secondary N) is 2. The van der Waals surface area contributed by atoms with E-state index in [1.54, 1.807) is 31.2 Å². The van der Waals surface area contributed by atoms with Crippen LogP contribution >= 0.6 is 11.6 Å². The molecule has 1 aliphatic heterocycles. The van der Waals surface area contributed by atoms with Crippen LogP contribution in [0, 0.1) is 5.92 Å². The number of carbonyl (C=O) groups is 1. The van der Waals surface area contributed by atoms with Crippen molar-refractivity contribution in [2.75, 3.05) is 13.1 Å². The lowest BCUT2D eigenvalue weighted by Gasteiger charge is -2.31. The number of rotatable bonds is 4. The maximum Gasteiger partial charge on any atom is 0.261 e. The molecule has 1 fully saturated rings. The zero-order valence-corrected chi connectivity index (χ0v) is 12.6. The molecule has 3 atom stereocenters. The summed E-state index contributed by atoms with van der Waals surface area (Å²) >= 11 is 5.90. The van der Waals surface area contributed by atoms with Crippen LogP contribution in [0.3, 0.4) is 0 Å². The molecule has 2 N–H and O–H groups in total. The van der Waals surface area contributed by atoms with E-state index in [2.05, 4.69) is 17.6 Å². The van der Waals surface area contributed by atoms with Crippen LogP contribution in [-0.2, 0) is 4.79 Å². The third-order valence-electron chi connectivity index (χ3n) is 3.59. The predicted octanol–water partition coefficient (Wildman–Crippen LogP) is 2.22. The van der Waals surface area contributed by atoms with Gasteiger partial charge in [-0.2, -0.15) is 0 Å². The predicted molar refractivity (Wildman–Crippen MR) is 80.1 cm³/mol. The van der Waals surface area contributed by atoms with Crippen molar-refractivity contribution < 1.29 is 9.53 Å². The summed E-state index contributed by atoms with van der Waals surface area (Å²) in [5.74, 6) is 0.966. The number of ether oxygens (including phenoxy) is 1. The van der Waals surface area contributed by atoms with Crippen LogP contribution in [-0.4, -0.2) is 31.1 Å². The van der Waals surface area contributed by atoms with E-state index in [9.17, 15) is 4.79 Å². The zero-order chi connectivity index (χ0) is 14.5. The van der Waals surface area contributed by atoms with Gasteiger partial charge in [-0.15, -0.1) is 0 Å². The Morgan fingerprint density at radius 1 is 1.55 bits per heavy atom. The first-order valence-corrected chi connectivity index (χ1v) is 7.37. The van der Waals surface area contributed by atoms with Gasteiger partial charge in [0.1, 0.15) is 5.75 Å². The van der Waals surface area contributed by atoms with Gasteiger partial charge in [0.05, 0.1) is 0 Å². The number of benzene rings is 1. The monoisotopic (exact) mass is 296 g/mol. The van der Waals surface area contributed by atoms with Crippen molar-refractivity contribution in [2.45, 2.75) is 32.4 Å². The summed E-state index contributed by atoms with van der Waals surface area (Å²) in [5.41, 5.74) is 0. The van der Waals surface area contributed by atoms with E-state index in [1.165, 1.54) is 0 Å². The molecule has 0 radical (unpaired) electrons. The normalized spacial score (nSPS) is 23.9. The first-order chi connectivity index (χ1) is 9.56. The van der Waals surface area contributed by atoms with Crippen LogP contribution in [0.25, 0.3) is 0 Å². The molecule has 0 spiro atoms. The Morgan fingerprint density at radius 3 is 3.05 bits per heavy atom. The van der Waals surface area contributed by atoms with Gasteiger partial charge >= 0.3 is 0 Å². The van der Waals surface area contributed by atoms with Crippen LogP contribution in [0.1, 0.15) is 20.3 Å². The van der Waals surface area contributed by atoms with Gasteiger partial charge in [0, 0.05) is 11.1 Å². The Morgan fingerprint density at radius 2 is 2.35 bits per heavy atom. The maximum absolute atomic E-state index is 12.2. The summed E-state index contributed by atoms with van der Waals surface area (Å²) in [6.07, 6.45) is 0.423. The number of piperidine rings is 1. The molecule has 3 unspecified atom stereocenters. The Hall–Kier alpha value is -1.26. The topological polar surface area (TPSA) is 50.4 Å². The van der Waals surface area contributed by atoms with Crippen molar-refractivity contribution in [1.29, 1.82) is 0 Å². The van der Waals surface area contributed by atoms with Gasteiger partial charge in [-0.1, -0.05) is 24.6 Å². The average Bonchev–Trinajstić information content (AvgIpc) is 2.41. The third kappa shape index (κ3) is 4.12. The fraction of sp³-hybridized carbons (Fsp3) is 0.533. The largest absolute Gasteiger partial charge is 0.481 e. The molecular formula is C15H21ClN2O2. The molecule has 4 nitrogen and oxygen atoms in total. The lowest BCUT2D eigenvalue weighted by Crippen LogP contribution is -2.51. The zero-order valence-electron chi connectivity index (χ0n) is 11.9. The quantitative estimate of drug-likeness (QED) is 0.896. The van der Waals surface area contributed by atoms with E-state index >= 15 is 0 Å². The van der Waals surface area contributed by atoms with Gasteiger partial charge in [-0.05, 0) is 50.6 Å². The molecule has 1 aliphatic rings. The number of hydrogen-bond donors (Lipinski definition) is 2. The Kier molecular flexibility index (Phi) is 5.26. The molecule has 1 amide bonds. The van der Waals surface area contributed by atoms with Gasteiger partial charge in [-0.25, -0.2) is 0 Å². The molecular weight excluding hydrogens is 276 g/mol. The van der Waals surface area contributed by atoms with Crippen molar-refractivity contribution in [3.8, 4) is 5.75 Å². The molecule has 0 aromatic heterocycles. The number of carbonyl (C=O) groups excluding carboxylic acids is 1. The summed E-state index contributed by atoms with van der Waals surface area (Å²) in [7, 11) is 0. The smallest absolute Gasteiger partial charge is 0.261 e. The summed E-state index contributed by atoms with van der Waals surface area (Å²) in [4.78, 5) is 12.2. The highest BCUT2D eigenvalue weighted by molar-refractivity contribution is 6.30. The Bertz CT molecular complexity index is 467.